The van der Waals surface area contributed by atoms with Gasteiger partial charge in [0.05, 0.1) is 5.56 Å². The fourth-order valence-electron chi connectivity index (χ4n) is 3.46. The van der Waals surface area contributed by atoms with E-state index >= 15 is 0 Å². The number of anilines is 1. The maximum Gasteiger partial charge on any atom is 0.416 e. The molecular formula is C26H19F3N2O5. The van der Waals surface area contributed by atoms with Gasteiger partial charge < -0.3 is 19.8 Å². The summed E-state index contributed by atoms with van der Waals surface area (Å²) in [6.45, 7) is -1.08. The Hall–Kier alpha value is -4.60. The van der Waals surface area contributed by atoms with Gasteiger partial charge in [0.15, 0.2) is 13.2 Å². The lowest BCUT2D eigenvalue weighted by Gasteiger charge is -2.12. The molecule has 0 atom stereocenters. The number of ether oxygens (including phenoxy) is 2. The van der Waals surface area contributed by atoms with Crippen molar-refractivity contribution in [1.82, 2.24) is 4.98 Å². The van der Waals surface area contributed by atoms with Gasteiger partial charge in [-0.15, -0.1) is 0 Å². The molecule has 1 aromatic heterocycles. The summed E-state index contributed by atoms with van der Waals surface area (Å²) in [6, 6.07) is 17.3. The number of fused-ring (bicyclic) bond motifs is 1. The van der Waals surface area contributed by atoms with Crippen molar-refractivity contribution in [2.45, 2.75) is 6.18 Å². The highest BCUT2D eigenvalue weighted by atomic mass is 19.4. The lowest BCUT2D eigenvalue weighted by atomic mass is 10.1. The highest BCUT2D eigenvalue weighted by molar-refractivity contribution is 6.09. The van der Waals surface area contributed by atoms with Crippen LogP contribution in [0.1, 0.15) is 26.3 Å². The highest BCUT2D eigenvalue weighted by Gasteiger charge is 2.30. The fourth-order valence-corrected chi connectivity index (χ4v) is 3.46. The van der Waals surface area contributed by atoms with Gasteiger partial charge in [-0.1, -0.05) is 36.4 Å². The van der Waals surface area contributed by atoms with Crippen LogP contribution >= 0.6 is 0 Å². The summed E-state index contributed by atoms with van der Waals surface area (Å²) in [6.07, 6.45) is -3.01. The second-order valence-corrected chi connectivity index (χ2v) is 7.66. The number of hydrogen-bond donors (Lipinski definition) is 2. The molecule has 0 radical (unpaired) electrons. The molecule has 0 aliphatic heterocycles. The third-order valence-electron chi connectivity index (χ3n) is 5.16. The summed E-state index contributed by atoms with van der Waals surface area (Å²) >= 11 is 0. The average molecular weight is 496 g/mol. The summed E-state index contributed by atoms with van der Waals surface area (Å²) in [5.74, 6) is -1.95. The largest absolute Gasteiger partial charge is 0.483 e. The minimum atomic E-state index is -4.55. The molecule has 4 rings (SSSR count). The van der Waals surface area contributed by atoms with Crippen LogP contribution in [-0.2, 0) is 15.7 Å². The van der Waals surface area contributed by atoms with Crippen LogP contribution in [0, 0.1) is 0 Å². The molecular weight excluding hydrogens is 477 g/mol. The average Bonchev–Trinajstić information content (AvgIpc) is 3.30. The molecule has 184 valence electrons. The smallest absolute Gasteiger partial charge is 0.416 e. The van der Waals surface area contributed by atoms with Gasteiger partial charge in [0.25, 0.3) is 5.91 Å². The van der Waals surface area contributed by atoms with E-state index in [0.29, 0.717) is 10.9 Å². The van der Waals surface area contributed by atoms with Gasteiger partial charge in [-0.05, 0) is 36.4 Å². The predicted octanol–water partition coefficient (Wildman–Crippen LogP) is 5.24. The number of para-hydroxylation sites is 2. The monoisotopic (exact) mass is 496 g/mol. The van der Waals surface area contributed by atoms with Crippen LogP contribution in [0.15, 0.2) is 79.0 Å². The van der Waals surface area contributed by atoms with Gasteiger partial charge in [0.1, 0.15) is 11.3 Å². The molecule has 0 saturated carbocycles. The van der Waals surface area contributed by atoms with Crippen molar-refractivity contribution in [3.63, 3.8) is 0 Å². The maximum atomic E-state index is 12.9. The zero-order chi connectivity index (χ0) is 25.7. The van der Waals surface area contributed by atoms with Gasteiger partial charge in [-0.25, -0.2) is 4.79 Å². The Bertz CT molecular complexity index is 1430. The van der Waals surface area contributed by atoms with Crippen molar-refractivity contribution >= 4 is 34.3 Å². The van der Waals surface area contributed by atoms with Crippen molar-refractivity contribution in [2.75, 3.05) is 18.5 Å². The number of carbonyl (C=O) groups is 3. The molecule has 0 unspecified atom stereocenters. The van der Waals surface area contributed by atoms with E-state index in [2.05, 4.69) is 10.3 Å². The number of ketones is 1. The molecule has 0 bridgehead atoms. The standard InChI is InChI=1S/C26H19F3N2O5/c27-26(28,29)16-6-5-7-17(12-16)31-24(33)15-35-23-11-4-2-9-19(23)25(34)36-14-22(32)20-13-30-21-10-3-1-8-18(20)21/h1-13,30H,14-15H2,(H,31,33). The first-order valence-corrected chi connectivity index (χ1v) is 10.7. The Morgan fingerprint density at radius 1 is 0.861 bits per heavy atom. The SMILES string of the molecule is O=C(COc1ccccc1C(=O)OCC(=O)c1c[nH]c2ccccc12)Nc1cccc(C(F)(F)F)c1. The first kappa shape index (κ1) is 24.5. The highest BCUT2D eigenvalue weighted by Crippen LogP contribution is 2.30. The topological polar surface area (TPSA) is 97.5 Å². The molecule has 0 fully saturated rings. The van der Waals surface area contributed by atoms with E-state index in [-0.39, 0.29) is 17.0 Å². The third kappa shape index (κ3) is 5.72. The number of nitrogens with one attached hydrogen (secondary N) is 2. The first-order chi connectivity index (χ1) is 17.2. The van der Waals surface area contributed by atoms with E-state index in [9.17, 15) is 27.6 Å². The molecule has 1 amide bonds. The van der Waals surface area contributed by atoms with Crippen LogP contribution < -0.4 is 10.1 Å². The quantitative estimate of drug-likeness (QED) is 0.257. The predicted molar refractivity (Wildman–Crippen MR) is 125 cm³/mol. The van der Waals surface area contributed by atoms with E-state index in [0.717, 1.165) is 17.6 Å². The number of amides is 1. The zero-order valence-electron chi connectivity index (χ0n) is 18.6. The number of halogens is 3. The van der Waals surface area contributed by atoms with Crippen LogP contribution in [0.4, 0.5) is 18.9 Å². The fraction of sp³-hybridized carbons (Fsp3) is 0.115. The van der Waals surface area contributed by atoms with E-state index in [4.69, 9.17) is 9.47 Å². The molecule has 36 heavy (non-hydrogen) atoms. The molecule has 2 N–H and O–H groups in total. The molecule has 4 aromatic rings. The number of aromatic amines is 1. The minimum absolute atomic E-state index is 0.0150. The number of carbonyl (C=O) groups excluding carboxylic acids is 3. The van der Waals surface area contributed by atoms with Gasteiger partial charge in [-0.3, -0.25) is 9.59 Å². The van der Waals surface area contributed by atoms with Crippen LogP contribution in [0.2, 0.25) is 0 Å². The minimum Gasteiger partial charge on any atom is -0.483 e. The van der Waals surface area contributed by atoms with Crippen LogP contribution in [0.5, 0.6) is 5.75 Å². The molecule has 0 spiro atoms. The number of alkyl halides is 3. The van der Waals surface area contributed by atoms with Crippen molar-refractivity contribution in [3.05, 3.63) is 95.7 Å². The van der Waals surface area contributed by atoms with Crippen molar-refractivity contribution in [3.8, 4) is 5.75 Å². The number of H-pyrrole nitrogens is 1. The Morgan fingerprint density at radius 3 is 2.42 bits per heavy atom. The molecule has 0 aliphatic rings. The van der Waals surface area contributed by atoms with Crippen LogP contribution in [0.25, 0.3) is 10.9 Å². The Balaban J connectivity index is 1.36. The summed E-state index contributed by atoms with van der Waals surface area (Å²) in [7, 11) is 0. The Morgan fingerprint density at radius 2 is 1.61 bits per heavy atom. The van der Waals surface area contributed by atoms with Crippen molar-refractivity contribution < 1.29 is 37.0 Å². The van der Waals surface area contributed by atoms with E-state index in [1.807, 2.05) is 12.1 Å². The maximum absolute atomic E-state index is 12.9. The van der Waals surface area contributed by atoms with Gasteiger partial charge in [-0.2, -0.15) is 13.2 Å². The van der Waals surface area contributed by atoms with E-state index in [1.54, 1.807) is 30.5 Å². The summed E-state index contributed by atoms with van der Waals surface area (Å²) in [5.41, 5.74) is 0.179. The van der Waals surface area contributed by atoms with Crippen LogP contribution in [0.3, 0.4) is 0 Å². The normalized spacial score (nSPS) is 11.2. The van der Waals surface area contributed by atoms with Crippen molar-refractivity contribution in [1.29, 1.82) is 0 Å². The number of rotatable bonds is 8. The molecule has 10 heteroatoms. The summed E-state index contributed by atoms with van der Waals surface area (Å²) in [5, 5.41) is 3.02. The third-order valence-corrected chi connectivity index (χ3v) is 5.16. The lowest BCUT2D eigenvalue weighted by Crippen LogP contribution is -2.21. The number of Topliss-reactive ketones (excluding diaryl/α,β-unsaturated/α-hetero) is 1. The second-order valence-electron chi connectivity index (χ2n) is 7.66. The number of benzene rings is 3. The second kappa shape index (κ2) is 10.3. The Kier molecular flexibility index (Phi) is 7.05. The molecule has 0 aliphatic carbocycles. The first-order valence-electron chi connectivity index (χ1n) is 10.7. The Labute approximate surface area is 202 Å². The van der Waals surface area contributed by atoms with Crippen molar-refractivity contribution in [2.24, 2.45) is 0 Å². The van der Waals surface area contributed by atoms with Gasteiger partial charge in [0, 0.05) is 28.4 Å². The van der Waals surface area contributed by atoms with Crippen LogP contribution in [-0.4, -0.2) is 35.9 Å². The molecule has 3 aromatic carbocycles. The number of hydrogen-bond acceptors (Lipinski definition) is 5. The number of aromatic nitrogens is 1. The van der Waals surface area contributed by atoms with Gasteiger partial charge >= 0.3 is 12.1 Å². The summed E-state index contributed by atoms with van der Waals surface area (Å²) in [4.78, 5) is 40.3. The molecule has 1 heterocycles. The lowest BCUT2D eigenvalue weighted by molar-refractivity contribution is -0.137. The molecule has 0 saturated heterocycles. The van der Waals surface area contributed by atoms with Gasteiger partial charge in [0.2, 0.25) is 5.78 Å². The van der Waals surface area contributed by atoms with E-state index in [1.165, 1.54) is 24.3 Å². The zero-order valence-corrected chi connectivity index (χ0v) is 18.6. The number of esters is 1. The summed E-state index contributed by atoms with van der Waals surface area (Å²) < 4.78 is 49.1. The van der Waals surface area contributed by atoms with E-state index < -0.39 is 42.6 Å². The molecule has 7 nitrogen and oxygen atoms in total.